The van der Waals surface area contributed by atoms with Crippen LogP contribution in [0.3, 0.4) is 0 Å². The van der Waals surface area contributed by atoms with Gasteiger partial charge in [0.05, 0.1) is 11.6 Å². The molecule has 0 amide bonds. The van der Waals surface area contributed by atoms with Gasteiger partial charge in [-0.1, -0.05) is 0 Å². The first kappa shape index (κ1) is 10.6. The summed E-state index contributed by atoms with van der Waals surface area (Å²) >= 11 is 0. The van der Waals surface area contributed by atoms with E-state index in [1.165, 1.54) is 19.4 Å². The van der Waals surface area contributed by atoms with Crippen molar-refractivity contribution in [3.8, 4) is 0 Å². The van der Waals surface area contributed by atoms with Crippen molar-refractivity contribution >= 4 is 28.0 Å². The molecule has 3 aromatic rings. The molecule has 0 fully saturated rings. The van der Waals surface area contributed by atoms with Crippen LogP contribution in [-0.4, -0.2) is 5.97 Å². The summed E-state index contributed by atoms with van der Waals surface area (Å²) < 4.78 is 16.1. The molecule has 0 saturated heterocycles. The molecule has 3 rings (SSSR count). The predicted octanol–water partition coefficient (Wildman–Crippen LogP) is 1.88. The summed E-state index contributed by atoms with van der Waals surface area (Å²) in [7, 11) is 0. The second kappa shape index (κ2) is 3.76. The first-order valence-corrected chi connectivity index (χ1v) is 5.30. The number of rotatable bonds is 2. The Morgan fingerprint density at radius 2 is 2.39 bits per heavy atom. The van der Waals surface area contributed by atoms with Gasteiger partial charge in [-0.3, -0.25) is 4.79 Å². The Balaban J connectivity index is 2.13. The Morgan fingerprint density at radius 1 is 1.56 bits per heavy atom. The molecule has 0 bridgehead atoms. The van der Waals surface area contributed by atoms with E-state index in [-0.39, 0.29) is 18.3 Å². The summed E-state index contributed by atoms with van der Waals surface area (Å²) in [4.78, 5) is 10.7. The van der Waals surface area contributed by atoms with Crippen LogP contribution in [0.25, 0.3) is 22.1 Å². The van der Waals surface area contributed by atoms with Crippen molar-refractivity contribution in [2.24, 2.45) is 0 Å². The van der Waals surface area contributed by atoms with Gasteiger partial charge in [0.2, 0.25) is 0 Å². The van der Waals surface area contributed by atoms with Crippen molar-refractivity contribution in [3.63, 3.8) is 0 Å². The van der Waals surface area contributed by atoms with Crippen LogP contribution >= 0.6 is 0 Å². The summed E-state index contributed by atoms with van der Waals surface area (Å²) in [5, 5.41) is 12.9. The number of furan rings is 2. The van der Waals surface area contributed by atoms with Crippen LogP contribution < -0.4 is 4.73 Å². The Morgan fingerprint density at radius 3 is 3.17 bits per heavy atom. The number of hydrogen-bond donors (Lipinski definition) is 0. The van der Waals surface area contributed by atoms with Crippen molar-refractivity contribution < 1.29 is 23.1 Å². The van der Waals surface area contributed by atoms with Crippen molar-refractivity contribution in [3.05, 3.63) is 35.6 Å². The van der Waals surface area contributed by atoms with Gasteiger partial charge >= 0.3 is 11.7 Å². The second-order valence-corrected chi connectivity index (χ2v) is 3.87. The fourth-order valence-corrected chi connectivity index (χ4v) is 1.84. The molecule has 0 aliphatic carbocycles. The van der Waals surface area contributed by atoms with Crippen molar-refractivity contribution in [2.75, 3.05) is 0 Å². The monoisotopic (exact) mass is 247 g/mol. The maximum Gasteiger partial charge on any atom is 0.395 e. The Bertz CT molecular complexity index is 739. The molecular formula is C12H9NO5. The smallest absolute Gasteiger partial charge is 0.395 e. The first-order chi connectivity index (χ1) is 8.65. The highest BCUT2D eigenvalue weighted by atomic mass is 16.5. The summed E-state index contributed by atoms with van der Waals surface area (Å²) in [5.74, 6) is 0.0942. The number of fused-ring (bicyclic) bond motifs is 3. The van der Waals surface area contributed by atoms with E-state index in [9.17, 15) is 10.0 Å². The van der Waals surface area contributed by atoms with Gasteiger partial charge in [0, 0.05) is 6.92 Å². The van der Waals surface area contributed by atoms with Gasteiger partial charge in [0.25, 0.3) is 0 Å². The van der Waals surface area contributed by atoms with Crippen molar-refractivity contribution in [1.29, 1.82) is 0 Å². The highest BCUT2D eigenvalue weighted by Crippen LogP contribution is 2.26. The molecule has 6 heteroatoms. The third-order valence-corrected chi connectivity index (χ3v) is 2.58. The normalized spacial score (nSPS) is 11.2. The third kappa shape index (κ3) is 1.58. The minimum Gasteiger partial charge on any atom is -0.616 e. The van der Waals surface area contributed by atoms with E-state index >= 15 is 0 Å². The second-order valence-electron chi connectivity index (χ2n) is 3.87. The van der Waals surface area contributed by atoms with Crippen LogP contribution in [0.15, 0.2) is 33.4 Å². The molecule has 0 spiro atoms. The molecule has 0 radical (unpaired) electrons. The first-order valence-electron chi connectivity index (χ1n) is 5.30. The Hall–Kier alpha value is -2.50. The largest absolute Gasteiger partial charge is 0.616 e. The van der Waals surface area contributed by atoms with E-state index < -0.39 is 0 Å². The van der Waals surface area contributed by atoms with Crippen LogP contribution in [0, 0.1) is 5.21 Å². The van der Waals surface area contributed by atoms with E-state index in [2.05, 4.69) is 0 Å². The van der Waals surface area contributed by atoms with Crippen LogP contribution in [0.5, 0.6) is 0 Å². The van der Waals surface area contributed by atoms with Gasteiger partial charge in [-0.05, 0) is 12.1 Å². The standard InChI is InChI=1S/C12H9NO5/c1-7(14)17-6-9-4-8-5-13(15)12-10(2-3-16-12)11(8)18-9/h2-5H,6H2,1H3. The van der Waals surface area contributed by atoms with E-state index in [0.717, 1.165) is 0 Å². The highest BCUT2D eigenvalue weighted by Gasteiger charge is 2.17. The molecule has 92 valence electrons. The molecule has 3 heterocycles. The molecule has 0 aliphatic rings. The number of aromatic nitrogens is 1. The van der Waals surface area contributed by atoms with Crippen LogP contribution in [0.4, 0.5) is 0 Å². The Kier molecular flexibility index (Phi) is 2.22. The lowest BCUT2D eigenvalue weighted by Gasteiger charge is -1.96. The van der Waals surface area contributed by atoms with Gasteiger partial charge in [0.1, 0.15) is 17.8 Å². The van der Waals surface area contributed by atoms with Crippen LogP contribution in [-0.2, 0) is 16.1 Å². The SMILES string of the molecule is CC(=O)OCc1cc2c[n+]([O-])c3occc3c2o1. The quantitative estimate of drug-likeness (QED) is 0.392. The fourth-order valence-electron chi connectivity index (χ4n) is 1.84. The molecule has 0 unspecified atom stereocenters. The summed E-state index contributed by atoms with van der Waals surface area (Å²) in [6.07, 6.45) is 2.79. The number of nitrogens with zero attached hydrogens (tertiary/aromatic N) is 1. The zero-order chi connectivity index (χ0) is 12.7. The number of esters is 1. The van der Waals surface area contributed by atoms with Gasteiger partial charge in [-0.15, -0.1) is 4.73 Å². The minimum absolute atomic E-state index is 0.0439. The van der Waals surface area contributed by atoms with E-state index in [4.69, 9.17) is 13.6 Å². The Labute approximate surface area is 101 Å². The molecule has 0 aromatic carbocycles. The fraction of sp³-hybridized carbons (Fsp3) is 0.167. The van der Waals surface area contributed by atoms with E-state index in [1.54, 1.807) is 12.1 Å². The molecular weight excluding hydrogens is 238 g/mol. The molecule has 18 heavy (non-hydrogen) atoms. The lowest BCUT2D eigenvalue weighted by molar-refractivity contribution is -0.583. The van der Waals surface area contributed by atoms with Gasteiger partial charge in [-0.2, -0.15) is 0 Å². The molecule has 0 aliphatic heterocycles. The molecule has 0 N–H and O–H groups in total. The number of carbonyl (C=O) groups is 1. The number of hydrogen-bond acceptors (Lipinski definition) is 5. The van der Waals surface area contributed by atoms with Crippen molar-refractivity contribution in [2.45, 2.75) is 13.5 Å². The topological polar surface area (TPSA) is 79.5 Å². The van der Waals surface area contributed by atoms with E-state index in [0.29, 0.717) is 26.8 Å². The lowest BCUT2D eigenvalue weighted by Crippen LogP contribution is -2.25. The maximum absolute atomic E-state index is 11.6. The highest BCUT2D eigenvalue weighted by molar-refractivity contribution is 5.98. The number of pyridine rings is 1. The number of carbonyl (C=O) groups excluding carboxylic acids is 1. The van der Waals surface area contributed by atoms with Crippen molar-refractivity contribution in [1.82, 2.24) is 0 Å². The number of ether oxygens (including phenoxy) is 1. The molecule has 3 aromatic heterocycles. The predicted molar refractivity (Wildman–Crippen MR) is 60.4 cm³/mol. The summed E-state index contributed by atoms with van der Waals surface area (Å²) in [5.41, 5.74) is 0.740. The lowest BCUT2D eigenvalue weighted by atomic mass is 10.2. The van der Waals surface area contributed by atoms with Crippen LogP contribution in [0.2, 0.25) is 0 Å². The zero-order valence-corrected chi connectivity index (χ0v) is 9.50. The third-order valence-electron chi connectivity index (χ3n) is 2.58. The minimum atomic E-state index is -0.386. The zero-order valence-electron chi connectivity index (χ0n) is 9.50. The maximum atomic E-state index is 11.6. The molecule has 0 atom stereocenters. The summed E-state index contributed by atoms with van der Waals surface area (Å²) in [6, 6.07) is 3.32. The van der Waals surface area contributed by atoms with Crippen LogP contribution in [0.1, 0.15) is 12.7 Å². The average molecular weight is 247 g/mol. The molecule has 6 nitrogen and oxygen atoms in total. The summed E-state index contributed by atoms with van der Waals surface area (Å²) in [6.45, 7) is 1.37. The van der Waals surface area contributed by atoms with E-state index in [1.807, 2.05) is 0 Å². The molecule has 0 saturated carbocycles. The van der Waals surface area contributed by atoms with Gasteiger partial charge in [-0.25, -0.2) is 0 Å². The average Bonchev–Trinajstić information content (AvgIpc) is 2.91. The van der Waals surface area contributed by atoms with Gasteiger partial charge < -0.3 is 18.8 Å². The van der Waals surface area contributed by atoms with Gasteiger partial charge in [0.15, 0.2) is 11.8 Å².